The first-order valence-electron chi connectivity index (χ1n) is 5.48. The molecule has 0 aromatic heterocycles. The topological polar surface area (TPSA) is 29.1 Å². The molecule has 15 heavy (non-hydrogen) atoms. The van der Waals surface area contributed by atoms with Crippen molar-refractivity contribution in [3.05, 3.63) is 35.4 Å². The van der Waals surface area contributed by atoms with E-state index < -0.39 is 0 Å². The average Bonchev–Trinajstić information content (AvgIpc) is 2.29. The number of nitrogens with one attached hydrogen (secondary N) is 1. The first kappa shape index (κ1) is 11.9. The van der Waals surface area contributed by atoms with Gasteiger partial charge in [0.15, 0.2) is 0 Å². The third kappa shape index (κ3) is 3.48. The lowest BCUT2D eigenvalue weighted by molar-refractivity contribution is -0.108. The summed E-state index contributed by atoms with van der Waals surface area (Å²) in [5.41, 5.74) is 2.58. The Balaban J connectivity index is 2.76. The van der Waals surface area contributed by atoms with E-state index in [-0.39, 0.29) is 0 Å². The van der Waals surface area contributed by atoms with E-state index in [1.54, 1.807) is 0 Å². The average molecular weight is 205 g/mol. The van der Waals surface area contributed by atoms with Crippen molar-refractivity contribution in [1.29, 1.82) is 0 Å². The van der Waals surface area contributed by atoms with Crippen molar-refractivity contribution in [3.8, 4) is 0 Å². The van der Waals surface area contributed by atoms with Gasteiger partial charge in [-0.15, -0.1) is 0 Å². The van der Waals surface area contributed by atoms with Gasteiger partial charge in [-0.05, 0) is 24.6 Å². The highest BCUT2D eigenvalue weighted by Gasteiger charge is 2.09. The van der Waals surface area contributed by atoms with E-state index >= 15 is 0 Å². The van der Waals surface area contributed by atoms with Gasteiger partial charge in [-0.1, -0.05) is 31.2 Å². The number of carbonyl (C=O) groups excluding carboxylic acids is 1. The molecule has 1 N–H and O–H groups in total. The molecule has 0 radical (unpaired) electrons. The number of rotatable bonds is 6. The Hall–Kier alpha value is -1.15. The monoisotopic (exact) mass is 205 g/mol. The Labute approximate surface area is 91.7 Å². The van der Waals surface area contributed by atoms with E-state index in [1.165, 1.54) is 11.1 Å². The SMILES string of the molecule is CCc1ccc(C(CC=O)CNC)cc1. The van der Waals surface area contributed by atoms with Gasteiger partial charge in [0, 0.05) is 18.9 Å². The van der Waals surface area contributed by atoms with Gasteiger partial charge >= 0.3 is 0 Å². The van der Waals surface area contributed by atoms with Crippen LogP contribution in [0.4, 0.5) is 0 Å². The Kier molecular flexibility index (Phi) is 5.05. The Morgan fingerprint density at radius 2 is 2.00 bits per heavy atom. The second kappa shape index (κ2) is 6.36. The molecule has 0 saturated carbocycles. The van der Waals surface area contributed by atoms with Crippen LogP contribution in [-0.4, -0.2) is 19.9 Å². The smallest absolute Gasteiger partial charge is 0.120 e. The maximum absolute atomic E-state index is 10.6. The normalized spacial score (nSPS) is 12.4. The highest BCUT2D eigenvalue weighted by atomic mass is 16.1. The Morgan fingerprint density at radius 3 is 2.47 bits per heavy atom. The van der Waals surface area contributed by atoms with Crippen LogP contribution in [0.1, 0.15) is 30.4 Å². The highest BCUT2D eigenvalue weighted by Crippen LogP contribution is 2.18. The third-order valence-electron chi connectivity index (χ3n) is 2.69. The molecule has 0 aliphatic heterocycles. The Bertz CT molecular complexity index is 292. The van der Waals surface area contributed by atoms with E-state index in [4.69, 9.17) is 0 Å². The summed E-state index contributed by atoms with van der Waals surface area (Å²) in [7, 11) is 1.91. The summed E-state index contributed by atoms with van der Waals surface area (Å²) in [6, 6.07) is 8.54. The van der Waals surface area contributed by atoms with Gasteiger partial charge in [0.25, 0.3) is 0 Å². The largest absolute Gasteiger partial charge is 0.319 e. The van der Waals surface area contributed by atoms with Crippen LogP contribution in [0.25, 0.3) is 0 Å². The summed E-state index contributed by atoms with van der Waals surface area (Å²) in [5.74, 6) is 0.304. The lowest BCUT2D eigenvalue weighted by Gasteiger charge is -2.14. The summed E-state index contributed by atoms with van der Waals surface area (Å²) < 4.78 is 0. The molecule has 2 heteroatoms. The molecule has 1 aromatic carbocycles. The maximum Gasteiger partial charge on any atom is 0.120 e. The van der Waals surface area contributed by atoms with E-state index in [2.05, 4.69) is 36.5 Å². The number of hydrogen-bond donors (Lipinski definition) is 1. The van der Waals surface area contributed by atoms with Crippen LogP contribution in [0.3, 0.4) is 0 Å². The molecule has 2 nitrogen and oxygen atoms in total. The molecule has 0 saturated heterocycles. The van der Waals surface area contributed by atoms with Crippen LogP contribution in [0.5, 0.6) is 0 Å². The number of carbonyl (C=O) groups is 1. The van der Waals surface area contributed by atoms with Gasteiger partial charge in [0.2, 0.25) is 0 Å². The molecule has 0 spiro atoms. The molecule has 0 fully saturated rings. The van der Waals surface area contributed by atoms with Crippen LogP contribution >= 0.6 is 0 Å². The zero-order valence-corrected chi connectivity index (χ0v) is 9.49. The predicted molar refractivity (Wildman–Crippen MR) is 63.2 cm³/mol. The van der Waals surface area contributed by atoms with Crippen molar-refractivity contribution >= 4 is 6.29 Å². The summed E-state index contributed by atoms with van der Waals surface area (Å²) in [6.07, 6.45) is 2.65. The summed E-state index contributed by atoms with van der Waals surface area (Å²) in [4.78, 5) is 10.6. The number of hydrogen-bond acceptors (Lipinski definition) is 2. The molecule has 0 heterocycles. The first-order valence-corrected chi connectivity index (χ1v) is 5.48. The molecule has 1 rings (SSSR count). The molecule has 0 aliphatic carbocycles. The minimum Gasteiger partial charge on any atom is -0.319 e. The number of likely N-dealkylation sites (N-methyl/N-ethyl adjacent to an activating group) is 1. The third-order valence-corrected chi connectivity index (χ3v) is 2.69. The summed E-state index contributed by atoms with van der Waals surface area (Å²) in [6.45, 7) is 3.00. The molecular weight excluding hydrogens is 186 g/mol. The quantitative estimate of drug-likeness (QED) is 0.721. The van der Waals surface area contributed by atoms with Crippen LogP contribution in [0.15, 0.2) is 24.3 Å². The molecular formula is C13H19NO. The fourth-order valence-electron chi connectivity index (χ4n) is 1.73. The van der Waals surface area contributed by atoms with Crippen molar-refractivity contribution in [2.24, 2.45) is 0 Å². The van der Waals surface area contributed by atoms with Crippen molar-refractivity contribution < 1.29 is 4.79 Å². The van der Waals surface area contributed by atoms with Crippen LogP contribution < -0.4 is 5.32 Å². The van der Waals surface area contributed by atoms with Crippen LogP contribution in [-0.2, 0) is 11.2 Å². The lowest BCUT2D eigenvalue weighted by atomic mass is 9.95. The standard InChI is InChI=1S/C13H19NO/c1-3-11-4-6-12(7-5-11)13(8-9-15)10-14-2/h4-7,9,13-14H,3,8,10H2,1-2H3. The fraction of sp³-hybridized carbons (Fsp3) is 0.462. The second-order valence-electron chi connectivity index (χ2n) is 3.75. The number of aldehydes is 1. The molecule has 0 bridgehead atoms. The predicted octanol–water partition coefficient (Wildman–Crippen LogP) is 2.14. The molecule has 1 atom stereocenters. The zero-order valence-electron chi connectivity index (χ0n) is 9.49. The van der Waals surface area contributed by atoms with Crippen LogP contribution in [0.2, 0.25) is 0 Å². The van der Waals surface area contributed by atoms with E-state index in [0.29, 0.717) is 12.3 Å². The van der Waals surface area contributed by atoms with Crippen molar-refractivity contribution in [2.45, 2.75) is 25.7 Å². The molecule has 0 amide bonds. The molecule has 82 valence electrons. The number of benzene rings is 1. The minimum atomic E-state index is 0.304. The molecule has 0 aliphatic rings. The summed E-state index contributed by atoms with van der Waals surface area (Å²) >= 11 is 0. The highest BCUT2D eigenvalue weighted by molar-refractivity contribution is 5.51. The zero-order chi connectivity index (χ0) is 11.1. The van der Waals surface area contributed by atoms with Crippen molar-refractivity contribution in [2.75, 3.05) is 13.6 Å². The second-order valence-corrected chi connectivity index (χ2v) is 3.75. The van der Waals surface area contributed by atoms with Crippen LogP contribution in [0, 0.1) is 0 Å². The minimum absolute atomic E-state index is 0.304. The Morgan fingerprint density at radius 1 is 1.33 bits per heavy atom. The maximum atomic E-state index is 10.6. The van der Waals surface area contributed by atoms with Gasteiger partial charge < -0.3 is 10.1 Å². The van der Waals surface area contributed by atoms with Gasteiger partial charge in [-0.25, -0.2) is 0 Å². The number of aryl methyl sites for hydroxylation is 1. The first-order chi connectivity index (χ1) is 7.31. The lowest BCUT2D eigenvalue weighted by Crippen LogP contribution is -2.17. The van der Waals surface area contributed by atoms with Crippen molar-refractivity contribution in [3.63, 3.8) is 0 Å². The van der Waals surface area contributed by atoms with Crippen molar-refractivity contribution in [1.82, 2.24) is 5.32 Å². The van der Waals surface area contributed by atoms with E-state index in [0.717, 1.165) is 19.3 Å². The molecule has 1 aromatic rings. The van der Waals surface area contributed by atoms with E-state index in [1.807, 2.05) is 7.05 Å². The fourth-order valence-corrected chi connectivity index (χ4v) is 1.73. The summed E-state index contributed by atoms with van der Waals surface area (Å²) in [5, 5.41) is 3.12. The van der Waals surface area contributed by atoms with Gasteiger partial charge in [-0.2, -0.15) is 0 Å². The van der Waals surface area contributed by atoms with Gasteiger partial charge in [0.1, 0.15) is 6.29 Å². The van der Waals surface area contributed by atoms with E-state index in [9.17, 15) is 4.79 Å². The van der Waals surface area contributed by atoms with Gasteiger partial charge in [-0.3, -0.25) is 0 Å². The van der Waals surface area contributed by atoms with Gasteiger partial charge in [0.05, 0.1) is 0 Å². The molecule has 1 unspecified atom stereocenters.